The number of nitrogens with two attached hydrogens (primary N) is 1. The van der Waals surface area contributed by atoms with E-state index in [1.807, 2.05) is 6.33 Å². The molecule has 1 fully saturated rings. The Labute approximate surface area is 110 Å². The molecular weight excluding hydrogens is 226 g/mol. The van der Waals surface area contributed by atoms with Crippen LogP contribution in [0.4, 0.5) is 0 Å². The minimum atomic E-state index is 0.669. The third kappa shape index (κ3) is 3.54. The number of imidazole rings is 1. The Kier molecular flexibility index (Phi) is 4.74. The van der Waals surface area contributed by atoms with Crippen LogP contribution in [0.15, 0.2) is 12.5 Å². The van der Waals surface area contributed by atoms with Crippen molar-refractivity contribution in [1.29, 1.82) is 0 Å². The van der Waals surface area contributed by atoms with Crippen LogP contribution in [-0.4, -0.2) is 59.1 Å². The highest BCUT2D eigenvalue weighted by molar-refractivity contribution is 4.97. The van der Waals surface area contributed by atoms with Gasteiger partial charge in [0.2, 0.25) is 0 Å². The lowest BCUT2D eigenvalue weighted by atomic mass is 10.0. The number of aromatic nitrogens is 2. The van der Waals surface area contributed by atoms with E-state index in [1.165, 1.54) is 19.4 Å². The number of likely N-dealkylation sites (tertiary alicyclic amines) is 1. The van der Waals surface area contributed by atoms with E-state index in [1.54, 1.807) is 0 Å². The molecule has 0 saturated carbocycles. The van der Waals surface area contributed by atoms with Crippen LogP contribution in [0.2, 0.25) is 0 Å². The molecule has 2 heterocycles. The van der Waals surface area contributed by atoms with Crippen LogP contribution in [-0.2, 0) is 13.1 Å². The molecule has 1 aliphatic rings. The zero-order valence-electron chi connectivity index (χ0n) is 11.5. The lowest BCUT2D eigenvalue weighted by molar-refractivity contribution is 0.127. The van der Waals surface area contributed by atoms with E-state index in [4.69, 9.17) is 5.73 Å². The summed E-state index contributed by atoms with van der Waals surface area (Å²) in [4.78, 5) is 9.29. The average molecular weight is 251 g/mol. The minimum absolute atomic E-state index is 0.669. The van der Waals surface area contributed by atoms with Gasteiger partial charge >= 0.3 is 0 Å². The second-order valence-corrected chi connectivity index (χ2v) is 5.39. The van der Waals surface area contributed by atoms with Gasteiger partial charge in [-0.1, -0.05) is 0 Å². The van der Waals surface area contributed by atoms with Crippen molar-refractivity contribution in [1.82, 2.24) is 19.4 Å². The zero-order valence-corrected chi connectivity index (χ0v) is 11.5. The lowest BCUT2D eigenvalue weighted by Crippen LogP contribution is -2.44. The van der Waals surface area contributed by atoms with Crippen LogP contribution < -0.4 is 5.73 Å². The first-order valence-electron chi connectivity index (χ1n) is 6.78. The molecule has 1 aromatic rings. The number of piperidine rings is 1. The Morgan fingerprint density at radius 2 is 2.33 bits per heavy atom. The first-order chi connectivity index (χ1) is 8.69. The Bertz CT molecular complexity index is 360. The molecule has 0 radical (unpaired) electrons. The highest BCUT2D eigenvalue weighted by atomic mass is 15.2. The molecule has 0 amide bonds. The van der Waals surface area contributed by atoms with E-state index < -0.39 is 0 Å². The molecule has 0 aliphatic carbocycles. The topological polar surface area (TPSA) is 50.3 Å². The maximum Gasteiger partial charge on any atom is 0.0950 e. The molecule has 2 N–H and O–H groups in total. The highest BCUT2D eigenvalue weighted by Gasteiger charge is 2.21. The average Bonchev–Trinajstić information content (AvgIpc) is 2.77. The third-order valence-corrected chi connectivity index (χ3v) is 3.67. The van der Waals surface area contributed by atoms with E-state index in [-0.39, 0.29) is 0 Å². The molecule has 1 unspecified atom stereocenters. The van der Waals surface area contributed by atoms with Crippen molar-refractivity contribution in [2.24, 2.45) is 5.73 Å². The van der Waals surface area contributed by atoms with Crippen LogP contribution in [0.25, 0.3) is 0 Å². The molecule has 5 heteroatoms. The second-order valence-electron chi connectivity index (χ2n) is 5.39. The van der Waals surface area contributed by atoms with Crippen LogP contribution in [0, 0.1) is 0 Å². The molecule has 0 spiro atoms. The number of hydrogen-bond acceptors (Lipinski definition) is 4. The van der Waals surface area contributed by atoms with Gasteiger partial charge < -0.3 is 15.2 Å². The van der Waals surface area contributed by atoms with Crippen molar-refractivity contribution in [2.75, 3.05) is 33.7 Å². The molecule has 102 valence electrons. The summed E-state index contributed by atoms with van der Waals surface area (Å²) >= 11 is 0. The number of likely N-dealkylation sites (N-methyl/N-ethyl adjacent to an activating group) is 1. The van der Waals surface area contributed by atoms with Gasteiger partial charge in [0, 0.05) is 38.4 Å². The molecule has 2 rings (SSSR count). The van der Waals surface area contributed by atoms with Crippen molar-refractivity contribution in [2.45, 2.75) is 32.0 Å². The standard InChI is InChI=1S/C13H25N5/c1-16(2)13-4-3-6-17(10-13)8-12-9-18(7-5-14)11-15-12/h9,11,13H,3-8,10,14H2,1-2H3. The number of nitrogens with zero attached hydrogens (tertiary/aromatic N) is 4. The van der Waals surface area contributed by atoms with Gasteiger partial charge in [-0.15, -0.1) is 0 Å². The van der Waals surface area contributed by atoms with Crippen LogP contribution in [0.1, 0.15) is 18.5 Å². The van der Waals surface area contributed by atoms with Crippen LogP contribution in [0.5, 0.6) is 0 Å². The van der Waals surface area contributed by atoms with Crippen LogP contribution >= 0.6 is 0 Å². The maximum absolute atomic E-state index is 5.54. The normalized spacial score (nSPS) is 21.7. The Morgan fingerprint density at radius 3 is 3.06 bits per heavy atom. The predicted molar refractivity (Wildman–Crippen MR) is 73.3 cm³/mol. The summed E-state index contributed by atoms with van der Waals surface area (Å²) in [5, 5.41) is 0. The van der Waals surface area contributed by atoms with Crippen molar-refractivity contribution < 1.29 is 0 Å². The fraction of sp³-hybridized carbons (Fsp3) is 0.769. The Morgan fingerprint density at radius 1 is 1.50 bits per heavy atom. The summed E-state index contributed by atoms with van der Waals surface area (Å²) in [6, 6.07) is 0.685. The smallest absolute Gasteiger partial charge is 0.0950 e. The van der Waals surface area contributed by atoms with Gasteiger partial charge in [-0.05, 0) is 33.5 Å². The summed E-state index contributed by atoms with van der Waals surface area (Å²) in [7, 11) is 4.34. The van der Waals surface area contributed by atoms with Crippen LogP contribution in [0.3, 0.4) is 0 Å². The molecule has 1 aliphatic heterocycles. The molecule has 18 heavy (non-hydrogen) atoms. The number of rotatable bonds is 5. The Hall–Kier alpha value is -0.910. The van der Waals surface area contributed by atoms with E-state index in [2.05, 4.69) is 39.6 Å². The second kappa shape index (κ2) is 6.31. The first-order valence-corrected chi connectivity index (χ1v) is 6.78. The van der Waals surface area contributed by atoms with E-state index in [0.29, 0.717) is 12.6 Å². The predicted octanol–water partition coefficient (Wildman–Crippen LogP) is 0.368. The van der Waals surface area contributed by atoms with Crippen molar-refractivity contribution in [3.05, 3.63) is 18.2 Å². The first kappa shape index (κ1) is 13.5. The highest BCUT2D eigenvalue weighted by Crippen LogP contribution is 2.15. The van der Waals surface area contributed by atoms with E-state index in [9.17, 15) is 0 Å². The molecule has 0 aromatic carbocycles. The van der Waals surface area contributed by atoms with Crippen molar-refractivity contribution >= 4 is 0 Å². The summed E-state index contributed by atoms with van der Waals surface area (Å²) in [6.45, 7) is 4.82. The quantitative estimate of drug-likeness (QED) is 0.821. The molecule has 5 nitrogen and oxygen atoms in total. The van der Waals surface area contributed by atoms with Gasteiger partial charge in [-0.3, -0.25) is 4.90 Å². The number of hydrogen-bond donors (Lipinski definition) is 1. The largest absolute Gasteiger partial charge is 0.336 e. The minimum Gasteiger partial charge on any atom is -0.336 e. The van der Waals surface area contributed by atoms with Gasteiger partial charge in [0.05, 0.1) is 12.0 Å². The molecular formula is C13H25N5. The molecule has 1 aromatic heterocycles. The van der Waals surface area contributed by atoms with Crippen molar-refractivity contribution in [3.63, 3.8) is 0 Å². The maximum atomic E-state index is 5.54. The fourth-order valence-electron chi connectivity index (χ4n) is 2.58. The van der Waals surface area contributed by atoms with Gasteiger partial charge in [0.1, 0.15) is 0 Å². The Balaban J connectivity index is 1.87. The fourth-order valence-corrected chi connectivity index (χ4v) is 2.58. The summed E-state index contributed by atoms with van der Waals surface area (Å²) in [5.74, 6) is 0. The monoisotopic (exact) mass is 251 g/mol. The van der Waals surface area contributed by atoms with Crippen molar-refractivity contribution in [3.8, 4) is 0 Å². The third-order valence-electron chi connectivity index (χ3n) is 3.67. The lowest BCUT2D eigenvalue weighted by Gasteiger charge is -2.35. The molecule has 1 saturated heterocycles. The molecule has 0 bridgehead atoms. The SMILES string of the molecule is CN(C)C1CCCN(Cc2cn(CCN)cn2)C1. The van der Waals surface area contributed by atoms with Gasteiger partial charge in [-0.2, -0.15) is 0 Å². The summed E-state index contributed by atoms with van der Waals surface area (Å²) < 4.78 is 2.07. The summed E-state index contributed by atoms with van der Waals surface area (Å²) in [5.41, 5.74) is 6.70. The molecule has 1 atom stereocenters. The van der Waals surface area contributed by atoms with Gasteiger partial charge in [0.25, 0.3) is 0 Å². The zero-order chi connectivity index (χ0) is 13.0. The van der Waals surface area contributed by atoms with E-state index in [0.717, 1.165) is 25.3 Å². The van der Waals surface area contributed by atoms with Gasteiger partial charge in [-0.25, -0.2) is 4.98 Å². The van der Waals surface area contributed by atoms with Gasteiger partial charge in [0.15, 0.2) is 0 Å². The summed E-state index contributed by atoms with van der Waals surface area (Å²) in [6.07, 6.45) is 6.60. The van der Waals surface area contributed by atoms with E-state index >= 15 is 0 Å².